The Kier molecular flexibility index (Phi) is 7.29. The lowest BCUT2D eigenvalue weighted by atomic mass is 9.87. The monoisotopic (exact) mass is 385 g/mol. The van der Waals surface area contributed by atoms with Gasteiger partial charge < -0.3 is 25.4 Å². The average Bonchev–Trinajstić information content (AvgIpc) is 2.93. The van der Waals surface area contributed by atoms with Gasteiger partial charge in [-0.2, -0.15) is 0 Å². The lowest BCUT2D eigenvalue weighted by molar-refractivity contribution is -0.128. The zero-order valence-electron chi connectivity index (χ0n) is 15.9. The number of amides is 2. The van der Waals surface area contributed by atoms with Gasteiger partial charge in [0.05, 0.1) is 25.9 Å². The van der Waals surface area contributed by atoms with Crippen molar-refractivity contribution in [3.8, 4) is 11.5 Å². The predicted molar refractivity (Wildman–Crippen MR) is 103 cm³/mol. The van der Waals surface area contributed by atoms with Crippen LogP contribution in [0.1, 0.15) is 27.2 Å². The van der Waals surface area contributed by atoms with E-state index in [9.17, 15) is 9.59 Å². The fourth-order valence-electron chi connectivity index (χ4n) is 2.67. The Morgan fingerprint density at radius 3 is 2.23 bits per heavy atom. The van der Waals surface area contributed by atoms with Crippen molar-refractivity contribution in [1.82, 2.24) is 5.32 Å². The Labute approximate surface area is 160 Å². The Hall–Kier alpha value is -1.99. The van der Waals surface area contributed by atoms with Crippen molar-refractivity contribution in [2.24, 2.45) is 11.1 Å². The summed E-state index contributed by atoms with van der Waals surface area (Å²) >= 11 is 0. The molecule has 1 aliphatic rings. The molecule has 1 heterocycles. The number of halogens is 1. The minimum atomic E-state index is -0.675. The van der Waals surface area contributed by atoms with Crippen molar-refractivity contribution in [2.75, 3.05) is 25.7 Å². The standard InChI is InChI=1S/C18H27N3O4.ClH/c1-18(2,3)15(19)16(22)20-14-6-7-21(17(14)23)11-8-12(24-4)10-13(9-11)25-5;/h8-10,14-15H,6-7,19H2,1-5H3,(H,20,22);1H/t14?,15-;/m1./s1. The van der Waals surface area contributed by atoms with Crippen molar-refractivity contribution in [1.29, 1.82) is 0 Å². The summed E-state index contributed by atoms with van der Waals surface area (Å²) in [4.78, 5) is 26.6. The van der Waals surface area contributed by atoms with Crippen LogP contribution >= 0.6 is 12.4 Å². The topological polar surface area (TPSA) is 93.9 Å². The SMILES string of the molecule is COc1cc(OC)cc(N2CCC(NC(=O)[C@@H](N)C(C)(C)C)C2=O)c1.Cl. The minimum Gasteiger partial charge on any atom is -0.497 e. The molecule has 0 aromatic heterocycles. The molecular weight excluding hydrogens is 358 g/mol. The highest BCUT2D eigenvalue weighted by Gasteiger charge is 2.36. The van der Waals surface area contributed by atoms with E-state index in [4.69, 9.17) is 15.2 Å². The number of nitrogens with two attached hydrogens (primary N) is 1. The molecule has 0 bridgehead atoms. The molecule has 1 aromatic rings. The lowest BCUT2D eigenvalue weighted by Gasteiger charge is -2.27. The summed E-state index contributed by atoms with van der Waals surface area (Å²) in [6.07, 6.45) is 0.529. The molecule has 2 atom stereocenters. The molecule has 1 saturated heterocycles. The zero-order valence-corrected chi connectivity index (χ0v) is 16.7. The molecule has 3 N–H and O–H groups in total. The Morgan fingerprint density at radius 2 is 1.77 bits per heavy atom. The molecule has 2 rings (SSSR count). The third-order valence-corrected chi connectivity index (χ3v) is 4.39. The van der Waals surface area contributed by atoms with E-state index in [-0.39, 0.29) is 29.6 Å². The van der Waals surface area contributed by atoms with Gasteiger partial charge in [0.25, 0.3) is 0 Å². The molecule has 0 aliphatic carbocycles. The fraction of sp³-hybridized carbons (Fsp3) is 0.556. The van der Waals surface area contributed by atoms with Gasteiger partial charge >= 0.3 is 0 Å². The summed E-state index contributed by atoms with van der Waals surface area (Å²) in [5.74, 6) is 0.731. The van der Waals surface area contributed by atoms with Crippen LogP contribution in [0.4, 0.5) is 5.69 Å². The normalized spacial score (nSPS) is 18.2. The Morgan fingerprint density at radius 1 is 1.23 bits per heavy atom. The van der Waals surface area contributed by atoms with Gasteiger partial charge in [-0.25, -0.2) is 0 Å². The smallest absolute Gasteiger partial charge is 0.249 e. The summed E-state index contributed by atoms with van der Waals surface area (Å²) in [5.41, 5.74) is 6.28. The first-order valence-electron chi connectivity index (χ1n) is 8.27. The number of benzene rings is 1. The van der Waals surface area contributed by atoms with E-state index >= 15 is 0 Å². The molecule has 0 spiro atoms. The number of methoxy groups -OCH3 is 2. The van der Waals surface area contributed by atoms with Crippen LogP contribution in [0.25, 0.3) is 0 Å². The van der Waals surface area contributed by atoms with E-state index in [1.165, 1.54) is 0 Å². The largest absolute Gasteiger partial charge is 0.497 e. The third kappa shape index (κ3) is 4.80. The second-order valence-electron chi connectivity index (χ2n) is 7.25. The van der Waals surface area contributed by atoms with Crippen LogP contribution in [0.2, 0.25) is 0 Å². The Bertz CT molecular complexity index is 638. The first-order chi connectivity index (χ1) is 11.7. The number of rotatable bonds is 5. The number of ether oxygens (including phenoxy) is 2. The van der Waals surface area contributed by atoms with Crippen molar-refractivity contribution in [3.05, 3.63) is 18.2 Å². The molecule has 1 fully saturated rings. The van der Waals surface area contributed by atoms with Gasteiger partial charge in [0.15, 0.2) is 0 Å². The van der Waals surface area contributed by atoms with E-state index in [0.717, 1.165) is 0 Å². The van der Waals surface area contributed by atoms with Gasteiger partial charge in [-0.15, -0.1) is 12.4 Å². The minimum absolute atomic E-state index is 0. The number of hydrogen-bond acceptors (Lipinski definition) is 5. The summed E-state index contributed by atoms with van der Waals surface area (Å²) in [7, 11) is 3.11. The maximum Gasteiger partial charge on any atom is 0.249 e. The predicted octanol–water partition coefficient (Wildman–Crippen LogP) is 1.72. The second kappa shape index (κ2) is 8.60. The van der Waals surface area contributed by atoms with Crippen LogP contribution in [0, 0.1) is 5.41 Å². The average molecular weight is 386 g/mol. The molecule has 26 heavy (non-hydrogen) atoms. The third-order valence-electron chi connectivity index (χ3n) is 4.39. The summed E-state index contributed by atoms with van der Waals surface area (Å²) in [6.45, 7) is 6.18. The molecule has 1 aromatic carbocycles. The van der Waals surface area contributed by atoms with Crippen molar-refractivity contribution < 1.29 is 19.1 Å². The molecule has 2 amide bonds. The zero-order chi connectivity index (χ0) is 18.8. The fourth-order valence-corrected chi connectivity index (χ4v) is 2.67. The van der Waals surface area contributed by atoms with E-state index in [2.05, 4.69) is 5.32 Å². The van der Waals surface area contributed by atoms with Crippen LogP contribution in [-0.2, 0) is 9.59 Å². The van der Waals surface area contributed by atoms with Crippen LogP contribution in [0.3, 0.4) is 0 Å². The number of hydrogen-bond donors (Lipinski definition) is 2. The van der Waals surface area contributed by atoms with Gasteiger partial charge in [0.2, 0.25) is 11.8 Å². The van der Waals surface area contributed by atoms with Crippen LogP contribution < -0.4 is 25.4 Å². The van der Waals surface area contributed by atoms with Gasteiger partial charge in [0.1, 0.15) is 17.5 Å². The summed E-state index contributed by atoms with van der Waals surface area (Å²) in [6, 6.07) is 4.03. The van der Waals surface area contributed by atoms with Crippen molar-refractivity contribution >= 4 is 29.9 Å². The number of nitrogens with zero attached hydrogens (tertiary/aromatic N) is 1. The van der Waals surface area contributed by atoms with Crippen LogP contribution in [-0.4, -0.2) is 44.7 Å². The lowest BCUT2D eigenvalue weighted by Crippen LogP contribution is -2.53. The van der Waals surface area contributed by atoms with Crippen molar-refractivity contribution in [2.45, 2.75) is 39.3 Å². The maximum absolute atomic E-state index is 12.7. The molecule has 146 valence electrons. The maximum atomic E-state index is 12.7. The van der Waals surface area contributed by atoms with Gasteiger partial charge in [-0.3, -0.25) is 9.59 Å². The molecular formula is C18H28ClN3O4. The number of nitrogens with one attached hydrogen (secondary N) is 1. The molecule has 8 heteroatoms. The first-order valence-corrected chi connectivity index (χ1v) is 8.27. The van der Waals surface area contributed by atoms with Crippen LogP contribution in [0.15, 0.2) is 18.2 Å². The number of carbonyl (C=O) groups is 2. The second-order valence-corrected chi connectivity index (χ2v) is 7.25. The summed E-state index contributed by atoms with van der Waals surface area (Å²) in [5, 5.41) is 2.77. The summed E-state index contributed by atoms with van der Waals surface area (Å²) < 4.78 is 10.5. The molecule has 7 nitrogen and oxygen atoms in total. The first kappa shape index (κ1) is 22.1. The highest BCUT2D eigenvalue weighted by molar-refractivity contribution is 6.02. The highest BCUT2D eigenvalue weighted by atomic mass is 35.5. The van der Waals surface area contributed by atoms with E-state index in [0.29, 0.717) is 30.2 Å². The molecule has 1 aliphatic heterocycles. The van der Waals surface area contributed by atoms with Gasteiger partial charge in [-0.1, -0.05) is 20.8 Å². The number of anilines is 1. The highest BCUT2D eigenvalue weighted by Crippen LogP contribution is 2.31. The van der Waals surface area contributed by atoms with E-state index < -0.39 is 12.1 Å². The van der Waals surface area contributed by atoms with Crippen LogP contribution in [0.5, 0.6) is 11.5 Å². The Balaban J connectivity index is 0.00000338. The van der Waals surface area contributed by atoms with Gasteiger partial charge in [-0.05, 0) is 11.8 Å². The van der Waals surface area contributed by atoms with Crippen molar-refractivity contribution in [3.63, 3.8) is 0 Å². The van der Waals surface area contributed by atoms with E-state index in [1.807, 2.05) is 20.8 Å². The number of carbonyl (C=O) groups excluding carboxylic acids is 2. The van der Waals surface area contributed by atoms with Gasteiger partial charge in [0, 0.05) is 24.7 Å². The quantitative estimate of drug-likeness (QED) is 0.804. The molecule has 0 radical (unpaired) electrons. The van der Waals surface area contributed by atoms with E-state index in [1.54, 1.807) is 37.3 Å². The molecule has 0 saturated carbocycles. The molecule has 1 unspecified atom stereocenters.